The number of rotatable bonds is 8. The molecule has 1 aromatic carbocycles. The van der Waals surface area contributed by atoms with Gasteiger partial charge in [-0.3, -0.25) is 4.79 Å². The standard InChI is InChI=1S/C20H32N4O/c1-17(2)9-10-18(3)21-22-20(25)11-12-23-13-15-24(16-14-23)19-7-5-4-6-8-19/h4-8,17H,9-16H2,1-3H3,(H,22,25)/p+1/b21-18-. The first-order valence-electron chi connectivity index (χ1n) is 9.50. The summed E-state index contributed by atoms with van der Waals surface area (Å²) in [6.07, 6.45) is 2.60. The molecular weight excluding hydrogens is 312 g/mol. The van der Waals surface area contributed by atoms with Crippen LogP contribution < -0.4 is 15.2 Å². The van der Waals surface area contributed by atoms with Gasteiger partial charge in [0.25, 0.3) is 0 Å². The Morgan fingerprint density at radius 2 is 1.88 bits per heavy atom. The van der Waals surface area contributed by atoms with Crippen molar-refractivity contribution in [2.24, 2.45) is 11.0 Å². The summed E-state index contributed by atoms with van der Waals surface area (Å²) in [5.74, 6) is 0.695. The Labute approximate surface area is 152 Å². The predicted octanol–water partition coefficient (Wildman–Crippen LogP) is 1.71. The van der Waals surface area contributed by atoms with Gasteiger partial charge < -0.3 is 9.80 Å². The normalized spacial score (nSPS) is 16.3. The van der Waals surface area contributed by atoms with Crippen LogP contribution in [0.25, 0.3) is 0 Å². The van der Waals surface area contributed by atoms with E-state index in [0.29, 0.717) is 12.3 Å². The van der Waals surface area contributed by atoms with E-state index in [2.05, 4.69) is 59.6 Å². The van der Waals surface area contributed by atoms with Crippen LogP contribution in [0.15, 0.2) is 35.4 Å². The molecule has 1 saturated heterocycles. The molecule has 25 heavy (non-hydrogen) atoms. The molecule has 5 heteroatoms. The number of anilines is 1. The third kappa shape index (κ3) is 7.26. The minimum atomic E-state index is 0.0295. The fourth-order valence-electron chi connectivity index (χ4n) is 3.03. The third-order valence-corrected chi connectivity index (χ3v) is 4.75. The molecule has 0 radical (unpaired) electrons. The number of hydrogen-bond acceptors (Lipinski definition) is 3. The summed E-state index contributed by atoms with van der Waals surface area (Å²) >= 11 is 0. The summed E-state index contributed by atoms with van der Waals surface area (Å²) in [4.78, 5) is 15.9. The maximum Gasteiger partial charge on any atom is 0.245 e. The summed E-state index contributed by atoms with van der Waals surface area (Å²) in [5.41, 5.74) is 5.01. The van der Waals surface area contributed by atoms with Gasteiger partial charge in [0.05, 0.1) is 39.1 Å². The molecule has 1 aliphatic rings. The van der Waals surface area contributed by atoms with Crippen molar-refractivity contribution >= 4 is 17.3 Å². The molecule has 0 atom stereocenters. The highest BCUT2D eigenvalue weighted by Crippen LogP contribution is 2.12. The van der Waals surface area contributed by atoms with Crippen molar-refractivity contribution in [1.82, 2.24) is 5.43 Å². The molecule has 138 valence electrons. The smallest absolute Gasteiger partial charge is 0.245 e. The minimum Gasteiger partial charge on any atom is -0.360 e. The van der Waals surface area contributed by atoms with E-state index in [4.69, 9.17) is 0 Å². The van der Waals surface area contributed by atoms with Gasteiger partial charge in [-0.15, -0.1) is 0 Å². The molecule has 1 heterocycles. The van der Waals surface area contributed by atoms with E-state index in [1.807, 2.05) is 6.92 Å². The Balaban J connectivity index is 1.64. The molecule has 5 nitrogen and oxygen atoms in total. The van der Waals surface area contributed by atoms with Gasteiger partial charge in [0.15, 0.2) is 0 Å². The van der Waals surface area contributed by atoms with Crippen LogP contribution in [0.1, 0.15) is 40.0 Å². The summed E-state index contributed by atoms with van der Waals surface area (Å²) in [7, 11) is 0. The molecule has 0 unspecified atom stereocenters. The number of hydrogen-bond donors (Lipinski definition) is 2. The molecule has 0 aromatic heterocycles. The number of piperazine rings is 1. The van der Waals surface area contributed by atoms with Gasteiger partial charge in [-0.2, -0.15) is 5.10 Å². The fourth-order valence-corrected chi connectivity index (χ4v) is 3.03. The van der Waals surface area contributed by atoms with Crippen molar-refractivity contribution in [3.05, 3.63) is 30.3 Å². The van der Waals surface area contributed by atoms with E-state index in [9.17, 15) is 4.79 Å². The van der Waals surface area contributed by atoms with E-state index in [1.165, 1.54) is 10.6 Å². The van der Waals surface area contributed by atoms with E-state index >= 15 is 0 Å². The average Bonchev–Trinajstić information content (AvgIpc) is 2.64. The average molecular weight is 346 g/mol. The Morgan fingerprint density at radius 3 is 2.52 bits per heavy atom. The first-order chi connectivity index (χ1) is 12.0. The molecule has 0 aliphatic carbocycles. The van der Waals surface area contributed by atoms with Crippen LogP contribution in [0.4, 0.5) is 5.69 Å². The molecule has 2 rings (SSSR count). The van der Waals surface area contributed by atoms with Crippen LogP contribution in [0, 0.1) is 5.92 Å². The quantitative estimate of drug-likeness (QED) is 0.557. The van der Waals surface area contributed by atoms with Gasteiger partial charge in [-0.1, -0.05) is 32.0 Å². The highest BCUT2D eigenvalue weighted by Gasteiger charge is 2.20. The Hall–Kier alpha value is -1.88. The molecular formula is C20H33N4O+. The summed E-state index contributed by atoms with van der Waals surface area (Å²) in [5, 5.41) is 4.21. The first kappa shape index (κ1) is 19.4. The zero-order valence-corrected chi connectivity index (χ0v) is 15.9. The van der Waals surface area contributed by atoms with E-state index in [-0.39, 0.29) is 5.91 Å². The number of para-hydroxylation sites is 1. The molecule has 0 bridgehead atoms. The maximum absolute atomic E-state index is 12.0. The third-order valence-electron chi connectivity index (χ3n) is 4.75. The van der Waals surface area contributed by atoms with Crippen molar-refractivity contribution in [2.75, 3.05) is 37.6 Å². The highest BCUT2D eigenvalue weighted by atomic mass is 16.2. The SMILES string of the molecule is C/C(CCC(C)C)=N/NC(=O)CC[NH+]1CCN(c2ccccc2)CC1. The van der Waals surface area contributed by atoms with Crippen LogP contribution in [0.2, 0.25) is 0 Å². The molecule has 1 amide bonds. The highest BCUT2D eigenvalue weighted by molar-refractivity contribution is 5.84. The Morgan fingerprint density at radius 1 is 1.20 bits per heavy atom. The second-order valence-corrected chi connectivity index (χ2v) is 7.39. The molecule has 1 fully saturated rings. The largest absolute Gasteiger partial charge is 0.360 e. The number of amides is 1. The van der Waals surface area contributed by atoms with Crippen molar-refractivity contribution in [1.29, 1.82) is 0 Å². The van der Waals surface area contributed by atoms with E-state index < -0.39 is 0 Å². The van der Waals surface area contributed by atoms with Crippen LogP contribution in [0.5, 0.6) is 0 Å². The van der Waals surface area contributed by atoms with Crippen LogP contribution in [-0.2, 0) is 4.79 Å². The summed E-state index contributed by atoms with van der Waals surface area (Å²) in [6.45, 7) is 11.5. The lowest BCUT2D eigenvalue weighted by Crippen LogP contribution is -3.15. The topological polar surface area (TPSA) is 49.1 Å². The van der Waals surface area contributed by atoms with Crippen LogP contribution in [0.3, 0.4) is 0 Å². The first-order valence-corrected chi connectivity index (χ1v) is 9.50. The van der Waals surface area contributed by atoms with Gasteiger partial charge in [0, 0.05) is 11.4 Å². The van der Waals surface area contributed by atoms with Crippen LogP contribution >= 0.6 is 0 Å². The summed E-state index contributed by atoms with van der Waals surface area (Å²) < 4.78 is 0. The van der Waals surface area contributed by atoms with Crippen molar-refractivity contribution < 1.29 is 9.69 Å². The number of carbonyl (C=O) groups is 1. The van der Waals surface area contributed by atoms with E-state index in [1.54, 1.807) is 0 Å². The summed E-state index contributed by atoms with van der Waals surface area (Å²) in [6, 6.07) is 10.6. The molecule has 1 aromatic rings. The van der Waals surface area contributed by atoms with Crippen molar-refractivity contribution in [3.8, 4) is 0 Å². The Bertz CT molecular complexity index is 548. The number of nitrogens with zero attached hydrogens (tertiary/aromatic N) is 2. The monoisotopic (exact) mass is 345 g/mol. The van der Waals surface area contributed by atoms with Crippen LogP contribution in [-0.4, -0.2) is 44.3 Å². The second kappa shape index (κ2) is 10.2. The van der Waals surface area contributed by atoms with Gasteiger partial charge in [-0.25, -0.2) is 5.43 Å². The lowest BCUT2D eigenvalue weighted by atomic mass is 10.1. The number of nitrogens with one attached hydrogen (secondary N) is 2. The number of carbonyl (C=O) groups excluding carboxylic acids is 1. The predicted molar refractivity (Wildman–Crippen MR) is 104 cm³/mol. The fraction of sp³-hybridized carbons (Fsp3) is 0.600. The van der Waals surface area contributed by atoms with Gasteiger partial charge in [-0.05, 0) is 37.8 Å². The lowest BCUT2D eigenvalue weighted by molar-refractivity contribution is -0.900. The van der Waals surface area contributed by atoms with Gasteiger partial charge in [0.1, 0.15) is 0 Å². The Kier molecular flexibility index (Phi) is 7.92. The molecule has 0 spiro atoms. The maximum atomic E-state index is 12.0. The minimum absolute atomic E-state index is 0.0295. The van der Waals surface area contributed by atoms with Crippen molar-refractivity contribution in [2.45, 2.75) is 40.0 Å². The number of quaternary nitrogens is 1. The van der Waals surface area contributed by atoms with Gasteiger partial charge >= 0.3 is 0 Å². The molecule has 1 aliphatic heterocycles. The molecule has 0 saturated carbocycles. The second-order valence-electron chi connectivity index (χ2n) is 7.39. The zero-order chi connectivity index (χ0) is 18.1. The lowest BCUT2D eigenvalue weighted by Gasteiger charge is -2.33. The van der Waals surface area contributed by atoms with E-state index in [0.717, 1.165) is 51.3 Å². The van der Waals surface area contributed by atoms with Gasteiger partial charge in [0.2, 0.25) is 5.91 Å². The number of hydrazone groups is 1. The molecule has 2 N–H and O–H groups in total. The zero-order valence-electron chi connectivity index (χ0n) is 15.9. The number of benzene rings is 1. The van der Waals surface area contributed by atoms with Crippen molar-refractivity contribution in [3.63, 3.8) is 0 Å².